The lowest BCUT2D eigenvalue weighted by Crippen LogP contribution is -2.50. The van der Waals surface area contributed by atoms with Crippen molar-refractivity contribution in [3.8, 4) is 0 Å². The number of hydrogen-bond donors (Lipinski definition) is 0. The fraction of sp³-hybridized carbons (Fsp3) is 0.929. The Kier molecular flexibility index (Phi) is 4.44. The van der Waals surface area contributed by atoms with Crippen LogP contribution in [0.2, 0.25) is 0 Å². The van der Waals surface area contributed by atoms with Gasteiger partial charge < -0.3 is 4.90 Å². The van der Waals surface area contributed by atoms with Gasteiger partial charge in [0.15, 0.2) is 0 Å². The zero-order valence-corrected chi connectivity index (χ0v) is 13.6. The van der Waals surface area contributed by atoms with Gasteiger partial charge in [-0.1, -0.05) is 13.8 Å². The van der Waals surface area contributed by atoms with E-state index in [9.17, 15) is 13.2 Å². The van der Waals surface area contributed by atoms with Crippen LogP contribution in [0.3, 0.4) is 0 Å². The predicted molar refractivity (Wildman–Crippen MR) is 78.7 cm³/mol. The first-order valence-electron chi connectivity index (χ1n) is 7.43. The molecule has 0 saturated carbocycles. The molecule has 0 bridgehead atoms. The Morgan fingerprint density at radius 1 is 1.20 bits per heavy atom. The van der Waals surface area contributed by atoms with Crippen LogP contribution < -0.4 is 0 Å². The summed E-state index contributed by atoms with van der Waals surface area (Å²) < 4.78 is 24.7. The van der Waals surface area contributed by atoms with Gasteiger partial charge in [-0.15, -0.1) is 0 Å². The summed E-state index contributed by atoms with van der Waals surface area (Å²) >= 11 is 0. The maximum absolute atomic E-state index is 12.6. The lowest BCUT2D eigenvalue weighted by Gasteiger charge is -2.41. The van der Waals surface area contributed by atoms with Gasteiger partial charge in [0, 0.05) is 26.2 Å². The van der Waals surface area contributed by atoms with Crippen molar-refractivity contribution in [3.05, 3.63) is 0 Å². The smallest absolute Gasteiger partial charge is 0.227 e. The highest BCUT2D eigenvalue weighted by Crippen LogP contribution is 2.30. The number of likely N-dealkylation sites (tertiary alicyclic amines) is 1. The molecule has 2 saturated heterocycles. The molecule has 116 valence electrons. The second-order valence-corrected chi connectivity index (χ2v) is 8.97. The lowest BCUT2D eigenvalue weighted by atomic mass is 9.83. The van der Waals surface area contributed by atoms with Crippen LogP contribution in [0, 0.1) is 11.3 Å². The lowest BCUT2D eigenvalue weighted by molar-refractivity contribution is -0.139. The fourth-order valence-electron chi connectivity index (χ4n) is 3.31. The second kappa shape index (κ2) is 5.64. The van der Waals surface area contributed by atoms with E-state index in [4.69, 9.17) is 0 Å². The van der Waals surface area contributed by atoms with Gasteiger partial charge in [-0.25, -0.2) is 12.7 Å². The quantitative estimate of drug-likeness (QED) is 0.773. The van der Waals surface area contributed by atoms with Crippen LogP contribution in [-0.4, -0.2) is 56.0 Å². The molecular formula is C14H26N2O3S. The van der Waals surface area contributed by atoms with Gasteiger partial charge in [0.05, 0.1) is 12.2 Å². The number of hydrogen-bond acceptors (Lipinski definition) is 3. The van der Waals surface area contributed by atoms with E-state index in [2.05, 4.69) is 13.8 Å². The van der Waals surface area contributed by atoms with E-state index in [1.165, 1.54) is 10.6 Å². The van der Waals surface area contributed by atoms with E-state index in [0.717, 1.165) is 38.8 Å². The van der Waals surface area contributed by atoms with Crippen LogP contribution in [0.15, 0.2) is 0 Å². The van der Waals surface area contributed by atoms with Crippen molar-refractivity contribution in [2.75, 3.05) is 32.4 Å². The SMILES string of the molecule is CC1(C)CCCN(C(=O)[C@@H]2CCCN(S(C)(=O)=O)C2)C1. The van der Waals surface area contributed by atoms with E-state index >= 15 is 0 Å². The molecule has 2 fully saturated rings. The molecule has 0 aromatic rings. The van der Waals surface area contributed by atoms with E-state index in [-0.39, 0.29) is 17.2 Å². The second-order valence-electron chi connectivity index (χ2n) is 6.99. The number of piperidine rings is 2. The van der Waals surface area contributed by atoms with Crippen LogP contribution in [0.1, 0.15) is 39.5 Å². The Morgan fingerprint density at radius 2 is 1.90 bits per heavy atom. The summed E-state index contributed by atoms with van der Waals surface area (Å²) in [5.41, 5.74) is 0.180. The van der Waals surface area contributed by atoms with Crippen molar-refractivity contribution in [3.63, 3.8) is 0 Å². The van der Waals surface area contributed by atoms with Gasteiger partial charge >= 0.3 is 0 Å². The molecular weight excluding hydrogens is 276 g/mol. The third kappa shape index (κ3) is 3.73. The Labute approximate surface area is 122 Å². The molecule has 0 unspecified atom stereocenters. The number of carbonyl (C=O) groups excluding carboxylic acids is 1. The average Bonchev–Trinajstić information content (AvgIpc) is 2.36. The van der Waals surface area contributed by atoms with E-state index in [0.29, 0.717) is 13.1 Å². The molecule has 20 heavy (non-hydrogen) atoms. The predicted octanol–water partition coefficient (Wildman–Crippen LogP) is 1.31. The summed E-state index contributed by atoms with van der Waals surface area (Å²) in [7, 11) is -3.18. The van der Waals surface area contributed by atoms with Gasteiger partial charge in [-0.05, 0) is 31.1 Å². The molecule has 1 amide bonds. The van der Waals surface area contributed by atoms with Crippen LogP contribution in [0.4, 0.5) is 0 Å². The van der Waals surface area contributed by atoms with Gasteiger partial charge in [0.25, 0.3) is 0 Å². The zero-order chi connectivity index (χ0) is 15.0. The van der Waals surface area contributed by atoms with Crippen LogP contribution in [0.5, 0.6) is 0 Å². The van der Waals surface area contributed by atoms with Crippen molar-refractivity contribution in [1.82, 2.24) is 9.21 Å². The third-order valence-electron chi connectivity index (χ3n) is 4.41. The largest absolute Gasteiger partial charge is 0.342 e. The molecule has 0 spiro atoms. The van der Waals surface area contributed by atoms with Crippen molar-refractivity contribution in [2.24, 2.45) is 11.3 Å². The Morgan fingerprint density at radius 3 is 2.50 bits per heavy atom. The molecule has 0 N–H and O–H groups in total. The minimum atomic E-state index is -3.18. The van der Waals surface area contributed by atoms with Crippen molar-refractivity contribution in [1.29, 1.82) is 0 Å². The summed E-state index contributed by atoms with van der Waals surface area (Å²) in [5.74, 6) is -0.0153. The van der Waals surface area contributed by atoms with Crippen LogP contribution in [0.25, 0.3) is 0 Å². The van der Waals surface area contributed by atoms with E-state index < -0.39 is 10.0 Å². The van der Waals surface area contributed by atoms with Gasteiger partial charge in [-0.3, -0.25) is 4.79 Å². The summed E-state index contributed by atoms with van der Waals surface area (Å²) in [6.45, 7) is 6.90. The highest BCUT2D eigenvalue weighted by Gasteiger charge is 2.35. The van der Waals surface area contributed by atoms with Gasteiger partial charge in [0.2, 0.25) is 15.9 Å². The highest BCUT2D eigenvalue weighted by molar-refractivity contribution is 7.88. The Balaban J connectivity index is 2.02. The number of rotatable bonds is 2. The molecule has 6 heteroatoms. The normalized spacial score (nSPS) is 28.4. The molecule has 2 heterocycles. The van der Waals surface area contributed by atoms with Crippen LogP contribution in [-0.2, 0) is 14.8 Å². The summed E-state index contributed by atoms with van der Waals surface area (Å²) in [6, 6.07) is 0. The maximum atomic E-state index is 12.6. The van der Waals surface area contributed by atoms with Gasteiger partial charge in [0.1, 0.15) is 0 Å². The number of nitrogens with zero attached hydrogens (tertiary/aromatic N) is 2. The van der Waals surface area contributed by atoms with E-state index in [1.807, 2.05) is 4.90 Å². The first kappa shape index (κ1) is 15.8. The molecule has 0 aliphatic carbocycles. The standard InChI is InChI=1S/C14H26N2O3S/c1-14(2)7-5-8-15(11-14)13(17)12-6-4-9-16(10-12)20(3,18)19/h12H,4-11H2,1-3H3/t12-/m1/s1. The van der Waals surface area contributed by atoms with Crippen molar-refractivity contribution < 1.29 is 13.2 Å². The topological polar surface area (TPSA) is 57.7 Å². The summed E-state index contributed by atoms with van der Waals surface area (Å²) in [4.78, 5) is 14.6. The minimum absolute atomic E-state index is 0.145. The first-order valence-corrected chi connectivity index (χ1v) is 9.28. The maximum Gasteiger partial charge on any atom is 0.227 e. The molecule has 2 rings (SSSR count). The zero-order valence-electron chi connectivity index (χ0n) is 12.8. The third-order valence-corrected chi connectivity index (χ3v) is 5.68. The van der Waals surface area contributed by atoms with Crippen molar-refractivity contribution >= 4 is 15.9 Å². The van der Waals surface area contributed by atoms with E-state index in [1.54, 1.807) is 0 Å². The molecule has 0 aromatic carbocycles. The Hall–Kier alpha value is -0.620. The summed E-state index contributed by atoms with van der Waals surface area (Å²) in [6.07, 6.45) is 5.00. The van der Waals surface area contributed by atoms with Crippen molar-refractivity contribution in [2.45, 2.75) is 39.5 Å². The number of amides is 1. The molecule has 0 radical (unpaired) electrons. The molecule has 5 nitrogen and oxygen atoms in total. The molecule has 1 atom stereocenters. The molecule has 2 aliphatic heterocycles. The number of carbonyl (C=O) groups is 1. The first-order chi connectivity index (χ1) is 9.19. The minimum Gasteiger partial charge on any atom is -0.342 e. The molecule has 2 aliphatic rings. The number of sulfonamides is 1. The average molecular weight is 302 g/mol. The monoisotopic (exact) mass is 302 g/mol. The Bertz CT molecular complexity index is 473. The summed E-state index contributed by atoms with van der Waals surface area (Å²) in [5, 5.41) is 0. The highest BCUT2D eigenvalue weighted by atomic mass is 32.2. The van der Waals surface area contributed by atoms with Gasteiger partial charge in [-0.2, -0.15) is 0 Å². The molecule has 0 aromatic heterocycles. The fourth-order valence-corrected chi connectivity index (χ4v) is 4.23. The van der Waals surface area contributed by atoms with Crippen LogP contribution >= 0.6 is 0 Å².